The van der Waals surface area contributed by atoms with Crippen LogP contribution in [0, 0.1) is 0 Å². The molecule has 0 aliphatic carbocycles. The molecular weight excluding hydrogens is 136 g/mol. The predicted octanol–water partition coefficient (Wildman–Crippen LogP) is 0.167. The van der Waals surface area contributed by atoms with Gasteiger partial charge in [-0.25, -0.2) is 0 Å². The van der Waals surface area contributed by atoms with E-state index in [1.54, 1.807) is 0 Å². The number of carboxylic acids is 1. The minimum atomic E-state index is -0.844. The Morgan fingerprint density at radius 1 is 1.80 bits per heavy atom. The van der Waals surface area contributed by atoms with Gasteiger partial charge in [0.05, 0.1) is 6.42 Å². The highest BCUT2D eigenvalue weighted by Gasteiger charge is 2.28. The van der Waals surface area contributed by atoms with Gasteiger partial charge in [0.1, 0.15) is 6.10 Å². The summed E-state index contributed by atoms with van der Waals surface area (Å²) in [6.07, 6.45) is 0.773. The minimum Gasteiger partial charge on any atom is -0.481 e. The Balaban J connectivity index is 2.05. The smallest absolute Gasteiger partial charge is 0.309 e. The first-order valence-electron chi connectivity index (χ1n) is 3.10. The van der Waals surface area contributed by atoms with Gasteiger partial charge in [0.2, 0.25) is 0 Å². The molecule has 1 atom stereocenters. The maximum Gasteiger partial charge on any atom is 0.309 e. The fourth-order valence-corrected chi connectivity index (χ4v) is 0.808. The van der Waals surface area contributed by atoms with Crippen molar-refractivity contribution in [2.45, 2.75) is 25.4 Å². The SMILES string of the molecule is O=C(O)CCC1CC(=O)O1. The molecule has 0 saturated carbocycles. The van der Waals surface area contributed by atoms with E-state index >= 15 is 0 Å². The number of hydrogen-bond acceptors (Lipinski definition) is 3. The molecule has 1 rings (SSSR count). The van der Waals surface area contributed by atoms with E-state index in [-0.39, 0.29) is 18.5 Å². The van der Waals surface area contributed by atoms with Crippen LogP contribution in [0.1, 0.15) is 19.3 Å². The number of cyclic esters (lactones) is 1. The standard InChI is InChI=1S/C6H8O4/c7-5(8)2-1-4-3-6(9)10-4/h4H,1-3H2,(H,7,8). The van der Waals surface area contributed by atoms with Gasteiger partial charge in [-0.2, -0.15) is 0 Å². The van der Waals surface area contributed by atoms with E-state index in [9.17, 15) is 9.59 Å². The van der Waals surface area contributed by atoms with E-state index in [1.165, 1.54) is 0 Å². The molecule has 1 aliphatic rings. The van der Waals surface area contributed by atoms with Crippen molar-refractivity contribution in [3.63, 3.8) is 0 Å². The van der Waals surface area contributed by atoms with Gasteiger partial charge >= 0.3 is 11.9 Å². The van der Waals surface area contributed by atoms with Crippen molar-refractivity contribution in [2.75, 3.05) is 0 Å². The van der Waals surface area contributed by atoms with E-state index in [1.807, 2.05) is 0 Å². The molecule has 1 aliphatic heterocycles. The number of esters is 1. The van der Waals surface area contributed by atoms with Crippen LogP contribution in [-0.4, -0.2) is 23.1 Å². The number of rotatable bonds is 3. The highest BCUT2D eigenvalue weighted by molar-refractivity contribution is 5.75. The summed E-state index contributed by atoms with van der Waals surface area (Å²) in [5.41, 5.74) is 0. The summed E-state index contributed by atoms with van der Waals surface area (Å²) in [5.74, 6) is -1.07. The van der Waals surface area contributed by atoms with Crippen molar-refractivity contribution in [2.24, 2.45) is 0 Å². The molecule has 0 aromatic heterocycles. The summed E-state index contributed by atoms with van der Waals surface area (Å²) in [6, 6.07) is 0. The Kier molecular flexibility index (Phi) is 1.89. The summed E-state index contributed by atoms with van der Waals surface area (Å²) in [5, 5.41) is 8.21. The van der Waals surface area contributed by atoms with Crippen LogP contribution in [0.2, 0.25) is 0 Å². The average molecular weight is 144 g/mol. The first-order chi connectivity index (χ1) is 4.68. The van der Waals surface area contributed by atoms with E-state index in [0.717, 1.165) is 0 Å². The third kappa shape index (κ3) is 1.72. The molecule has 0 aromatic rings. The van der Waals surface area contributed by atoms with E-state index in [4.69, 9.17) is 5.11 Å². The van der Waals surface area contributed by atoms with Gasteiger partial charge in [-0.3, -0.25) is 9.59 Å². The van der Waals surface area contributed by atoms with Crippen LogP contribution in [0.3, 0.4) is 0 Å². The molecule has 10 heavy (non-hydrogen) atoms. The van der Waals surface area contributed by atoms with E-state index in [2.05, 4.69) is 4.74 Å². The first-order valence-corrected chi connectivity index (χ1v) is 3.10. The van der Waals surface area contributed by atoms with Crippen molar-refractivity contribution in [3.05, 3.63) is 0 Å². The second kappa shape index (κ2) is 2.68. The van der Waals surface area contributed by atoms with Gasteiger partial charge in [0, 0.05) is 6.42 Å². The molecule has 0 radical (unpaired) electrons. The van der Waals surface area contributed by atoms with Crippen molar-refractivity contribution in [1.82, 2.24) is 0 Å². The fourth-order valence-electron chi connectivity index (χ4n) is 0.808. The first kappa shape index (κ1) is 7.05. The Labute approximate surface area is 57.8 Å². The normalized spacial score (nSPS) is 23.2. The van der Waals surface area contributed by atoms with Crippen LogP contribution in [0.4, 0.5) is 0 Å². The average Bonchev–Trinajstić information content (AvgIpc) is 1.77. The second-order valence-corrected chi connectivity index (χ2v) is 2.25. The van der Waals surface area contributed by atoms with Crippen LogP contribution in [0.25, 0.3) is 0 Å². The highest BCUT2D eigenvalue weighted by Crippen LogP contribution is 2.17. The molecular formula is C6H8O4. The number of aliphatic carboxylic acids is 1. The lowest BCUT2D eigenvalue weighted by atomic mass is 10.1. The molecule has 0 bridgehead atoms. The fraction of sp³-hybridized carbons (Fsp3) is 0.667. The summed E-state index contributed by atoms with van der Waals surface area (Å²) >= 11 is 0. The predicted molar refractivity (Wildman–Crippen MR) is 31.4 cm³/mol. The second-order valence-electron chi connectivity index (χ2n) is 2.25. The van der Waals surface area contributed by atoms with Gasteiger partial charge in [-0.05, 0) is 6.42 Å². The number of carbonyl (C=O) groups is 2. The zero-order chi connectivity index (χ0) is 7.56. The minimum absolute atomic E-state index is 0.0813. The summed E-state index contributed by atoms with van der Waals surface area (Å²) in [4.78, 5) is 20.2. The quantitative estimate of drug-likeness (QED) is 0.573. The van der Waals surface area contributed by atoms with Crippen molar-refractivity contribution < 1.29 is 19.4 Å². The Morgan fingerprint density at radius 2 is 2.40 bits per heavy atom. The molecule has 1 heterocycles. The van der Waals surface area contributed by atoms with Crippen LogP contribution in [-0.2, 0) is 14.3 Å². The van der Waals surface area contributed by atoms with Crippen molar-refractivity contribution in [1.29, 1.82) is 0 Å². The molecule has 1 fully saturated rings. The lowest BCUT2D eigenvalue weighted by molar-refractivity contribution is -0.171. The van der Waals surface area contributed by atoms with E-state index in [0.29, 0.717) is 12.8 Å². The van der Waals surface area contributed by atoms with Crippen molar-refractivity contribution >= 4 is 11.9 Å². The largest absolute Gasteiger partial charge is 0.481 e. The van der Waals surface area contributed by atoms with Crippen molar-refractivity contribution in [3.8, 4) is 0 Å². The number of ether oxygens (including phenoxy) is 1. The molecule has 0 aromatic carbocycles. The topological polar surface area (TPSA) is 63.6 Å². The zero-order valence-corrected chi connectivity index (χ0v) is 5.37. The van der Waals surface area contributed by atoms with Crippen LogP contribution in [0.5, 0.6) is 0 Å². The van der Waals surface area contributed by atoms with E-state index < -0.39 is 5.97 Å². The third-order valence-corrected chi connectivity index (χ3v) is 1.37. The monoisotopic (exact) mass is 144 g/mol. The van der Waals surface area contributed by atoms with Gasteiger partial charge in [0.15, 0.2) is 0 Å². The highest BCUT2D eigenvalue weighted by atomic mass is 16.6. The number of carbonyl (C=O) groups excluding carboxylic acids is 1. The lowest BCUT2D eigenvalue weighted by Crippen LogP contribution is -2.32. The van der Waals surface area contributed by atoms with Crippen LogP contribution >= 0.6 is 0 Å². The molecule has 4 heteroatoms. The summed E-state index contributed by atoms with van der Waals surface area (Å²) in [6.45, 7) is 0. The Morgan fingerprint density at radius 3 is 2.80 bits per heavy atom. The van der Waals surface area contributed by atoms with Gasteiger partial charge in [-0.15, -0.1) is 0 Å². The molecule has 0 spiro atoms. The number of hydrogen-bond donors (Lipinski definition) is 1. The molecule has 1 unspecified atom stereocenters. The number of carboxylic acid groups (broad SMARTS) is 1. The maximum atomic E-state index is 10.2. The summed E-state index contributed by atoms with van der Waals surface area (Å²) in [7, 11) is 0. The van der Waals surface area contributed by atoms with Gasteiger partial charge < -0.3 is 9.84 Å². The van der Waals surface area contributed by atoms with Crippen LogP contribution in [0.15, 0.2) is 0 Å². The molecule has 4 nitrogen and oxygen atoms in total. The Bertz CT molecular complexity index is 155. The zero-order valence-electron chi connectivity index (χ0n) is 5.37. The third-order valence-electron chi connectivity index (χ3n) is 1.37. The van der Waals surface area contributed by atoms with Gasteiger partial charge in [-0.1, -0.05) is 0 Å². The molecule has 1 saturated heterocycles. The van der Waals surface area contributed by atoms with Gasteiger partial charge in [0.25, 0.3) is 0 Å². The molecule has 0 amide bonds. The van der Waals surface area contributed by atoms with Crippen LogP contribution < -0.4 is 0 Å². The molecule has 1 N–H and O–H groups in total. The molecule has 56 valence electrons. The maximum absolute atomic E-state index is 10.2. The Hall–Kier alpha value is -1.06. The lowest BCUT2D eigenvalue weighted by Gasteiger charge is -2.24. The summed E-state index contributed by atoms with van der Waals surface area (Å²) < 4.78 is 4.59.